The molecule has 3 atom stereocenters. The minimum Gasteiger partial charge on any atom is -0.385 e. The van der Waals surface area contributed by atoms with Crippen LogP contribution in [0.5, 0.6) is 0 Å². The maximum atomic E-state index is 13.7. The van der Waals surface area contributed by atoms with Crippen LogP contribution in [0.15, 0.2) is 76.7 Å². The molecule has 334 valence electrons. The van der Waals surface area contributed by atoms with Gasteiger partial charge in [-0.3, -0.25) is 47.9 Å². The number of imide groups is 1. The molecule has 20 heteroatoms. The first-order valence-corrected chi connectivity index (χ1v) is 21.2. The molecule has 6 aromatic rings. The van der Waals surface area contributed by atoms with E-state index in [1.807, 2.05) is 25.1 Å². The molecule has 5 aromatic heterocycles. The van der Waals surface area contributed by atoms with Crippen LogP contribution in [0.1, 0.15) is 71.5 Å². The molecule has 2 aliphatic rings. The third kappa shape index (κ3) is 8.85. The van der Waals surface area contributed by atoms with Crippen LogP contribution in [-0.2, 0) is 23.2 Å². The predicted molar refractivity (Wildman–Crippen MR) is 237 cm³/mol. The van der Waals surface area contributed by atoms with Gasteiger partial charge in [0.25, 0.3) is 17.4 Å². The highest BCUT2D eigenvalue weighted by molar-refractivity contribution is 5.95. The normalized spacial score (nSPS) is 17.0. The van der Waals surface area contributed by atoms with E-state index >= 15 is 0 Å². The van der Waals surface area contributed by atoms with Crippen LogP contribution < -0.4 is 32.5 Å². The quantitative estimate of drug-likeness (QED) is 0.103. The topological polar surface area (TPSA) is 215 Å². The average molecular weight is 876 g/mol. The SMILES string of the molecule is CNc1cc(Nc2cccn(-c3ccc(C(=O)N(C)CC4CCN(Cc5cccc6c5n(C)c(=O)n6C(C)CCC(=O)NC=O)CC4)cn3)c2=O)nn2c(C(=O)N[C@@H]3CC3F)cnc12. The van der Waals surface area contributed by atoms with Gasteiger partial charge in [-0.05, 0) is 81.1 Å². The van der Waals surface area contributed by atoms with Crippen molar-refractivity contribution in [2.45, 2.75) is 63.8 Å². The van der Waals surface area contributed by atoms with E-state index in [9.17, 15) is 33.2 Å². The van der Waals surface area contributed by atoms with Crippen LogP contribution >= 0.6 is 0 Å². The Bertz CT molecular complexity index is 2860. The Balaban J connectivity index is 0.876. The van der Waals surface area contributed by atoms with Gasteiger partial charge in [0.2, 0.25) is 12.3 Å². The molecule has 6 heterocycles. The number of alkyl halides is 1. The highest BCUT2D eigenvalue weighted by Gasteiger charge is 2.39. The van der Waals surface area contributed by atoms with E-state index in [1.165, 1.54) is 21.5 Å². The maximum Gasteiger partial charge on any atom is 0.329 e. The highest BCUT2D eigenvalue weighted by Crippen LogP contribution is 2.28. The van der Waals surface area contributed by atoms with E-state index in [4.69, 9.17) is 0 Å². The molecule has 19 nitrogen and oxygen atoms in total. The largest absolute Gasteiger partial charge is 0.385 e. The maximum absolute atomic E-state index is 13.7. The minimum atomic E-state index is -1.07. The Kier molecular flexibility index (Phi) is 12.4. The second-order valence-electron chi connectivity index (χ2n) is 16.5. The standard InChI is InChI=1S/C44H50FN13O6/c1-26(10-13-38(60)49-25-59)57-34-9-5-7-29(39(34)54(4)44(57)64)24-55-17-14-27(15-18-55)23-53(3)42(62)28-11-12-37(47-21-28)56-16-6-8-31(43(56)63)50-36-20-33(46-2)40-48-22-35(58(40)52-36)41(61)51-32-19-30(32)45/h5-9,11-12,16,20-22,25-27,30,32,46H,10,13-15,17-19,23-24H2,1-4H3,(H,50,52)(H,51,61)(H,49,59,60)/t26?,30?,32-/m1/s1. The van der Waals surface area contributed by atoms with Gasteiger partial charge in [-0.1, -0.05) is 12.1 Å². The van der Waals surface area contributed by atoms with Crippen molar-refractivity contribution < 1.29 is 23.6 Å². The molecule has 8 rings (SSSR count). The predicted octanol–water partition coefficient (Wildman–Crippen LogP) is 3.15. The van der Waals surface area contributed by atoms with Gasteiger partial charge in [0.05, 0.1) is 34.5 Å². The molecule has 0 radical (unpaired) electrons. The highest BCUT2D eigenvalue weighted by atomic mass is 19.1. The minimum absolute atomic E-state index is 0.116. The van der Waals surface area contributed by atoms with Crippen molar-refractivity contribution >= 4 is 58.0 Å². The van der Waals surface area contributed by atoms with Crippen LogP contribution in [0.4, 0.5) is 21.6 Å². The third-order valence-electron chi connectivity index (χ3n) is 12.1. The summed E-state index contributed by atoms with van der Waals surface area (Å²) < 4.78 is 19.5. The van der Waals surface area contributed by atoms with Gasteiger partial charge >= 0.3 is 5.69 Å². The van der Waals surface area contributed by atoms with Crippen LogP contribution in [0.2, 0.25) is 0 Å². The molecule has 4 N–H and O–H groups in total. The zero-order valence-electron chi connectivity index (χ0n) is 36.0. The summed E-state index contributed by atoms with van der Waals surface area (Å²) in [7, 11) is 5.23. The van der Waals surface area contributed by atoms with Gasteiger partial charge in [-0.25, -0.2) is 23.7 Å². The fourth-order valence-electron chi connectivity index (χ4n) is 8.43. The number of likely N-dealkylation sites (tertiary alicyclic amines) is 1. The Morgan fingerprint density at radius 1 is 1.03 bits per heavy atom. The molecule has 2 unspecified atom stereocenters. The lowest BCUT2D eigenvalue weighted by Gasteiger charge is -2.34. The number of carbonyl (C=O) groups is 4. The van der Waals surface area contributed by atoms with Gasteiger partial charge in [0.1, 0.15) is 17.7 Å². The smallest absolute Gasteiger partial charge is 0.329 e. The number of carbonyl (C=O) groups excluding carboxylic acids is 4. The number of hydrogen-bond donors (Lipinski definition) is 4. The summed E-state index contributed by atoms with van der Waals surface area (Å²) in [6, 6.07) is 13.3. The molecule has 1 aromatic carbocycles. The molecule has 64 heavy (non-hydrogen) atoms. The van der Waals surface area contributed by atoms with Gasteiger partial charge in [-0.2, -0.15) is 0 Å². The molecule has 1 aliphatic carbocycles. The van der Waals surface area contributed by atoms with E-state index < -0.39 is 23.7 Å². The van der Waals surface area contributed by atoms with Crippen molar-refractivity contribution in [3.8, 4) is 5.82 Å². The summed E-state index contributed by atoms with van der Waals surface area (Å²) in [6.07, 6.45) is 6.26. The summed E-state index contributed by atoms with van der Waals surface area (Å²) >= 11 is 0. The summed E-state index contributed by atoms with van der Waals surface area (Å²) in [5.74, 6) is -0.236. The van der Waals surface area contributed by atoms with E-state index in [2.05, 4.69) is 41.2 Å². The zero-order valence-corrected chi connectivity index (χ0v) is 36.0. The fourth-order valence-corrected chi connectivity index (χ4v) is 8.43. The van der Waals surface area contributed by atoms with Crippen molar-refractivity contribution in [2.24, 2.45) is 13.0 Å². The van der Waals surface area contributed by atoms with Crippen molar-refractivity contribution in [1.29, 1.82) is 0 Å². The molecule has 1 saturated heterocycles. The third-order valence-corrected chi connectivity index (χ3v) is 12.1. The van der Waals surface area contributed by atoms with E-state index in [0.29, 0.717) is 48.6 Å². The number of hydrogen-bond acceptors (Lipinski definition) is 12. The Morgan fingerprint density at radius 3 is 2.52 bits per heavy atom. The lowest BCUT2D eigenvalue weighted by Crippen LogP contribution is -2.39. The number of piperidine rings is 1. The van der Waals surface area contributed by atoms with Crippen molar-refractivity contribution in [2.75, 3.05) is 44.4 Å². The van der Waals surface area contributed by atoms with Gasteiger partial charge < -0.3 is 20.9 Å². The number of benzene rings is 1. The number of imidazole rings is 2. The Morgan fingerprint density at radius 2 is 1.81 bits per heavy atom. The van der Waals surface area contributed by atoms with Crippen molar-refractivity contribution in [3.63, 3.8) is 0 Å². The molecule has 1 saturated carbocycles. The molecule has 0 spiro atoms. The number of pyridine rings is 2. The average Bonchev–Trinajstić information content (AvgIpc) is 3.69. The molecular formula is C44H50FN13O6. The number of para-hydroxylation sites is 1. The van der Waals surface area contributed by atoms with Crippen molar-refractivity contribution in [3.05, 3.63) is 105 Å². The number of aryl methyl sites for hydroxylation is 1. The fraction of sp³-hybridized carbons (Fsp3) is 0.386. The zero-order chi connectivity index (χ0) is 45.2. The van der Waals surface area contributed by atoms with Crippen LogP contribution in [-0.4, -0.2) is 113 Å². The molecule has 0 bridgehead atoms. The van der Waals surface area contributed by atoms with Gasteiger partial charge in [0, 0.05) is 71.6 Å². The lowest BCUT2D eigenvalue weighted by molar-refractivity contribution is -0.125. The Labute approximate surface area is 366 Å². The lowest BCUT2D eigenvalue weighted by atomic mass is 9.95. The summed E-state index contributed by atoms with van der Waals surface area (Å²) in [5.41, 5.74) is 3.70. The first-order chi connectivity index (χ1) is 30.8. The number of nitrogens with zero attached hydrogens (tertiary/aromatic N) is 9. The van der Waals surface area contributed by atoms with Gasteiger partial charge in [0.15, 0.2) is 17.2 Å². The summed E-state index contributed by atoms with van der Waals surface area (Å²) in [4.78, 5) is 88.9. The number of fused-ring (bicyclic) bond motifs is 2. The molecule has 2 fully saturated rings. The Hall–Kier alpha value is -7.22. The number of nitrogens with one attached hydrogen (secondary N) is 4. The summed E-state index contributed by atoms with van der Waals surface area (Å²) in [6.45, 7) is 4.77. The number of amides is 4. The number of anilines is 3. The number of halogens is 1. The first kappa shape index (κ1) is 43.4. The van der Waals surface area contributed by atoms with E-state index in [0.717, 1.165) is 42.5 Å². The number of rotatable bonds is 16. The second-order valence-corrected chi connectivity index (χ2v) is 16.5. The van der Waals surface area contributed by atoms with Crippen molar-refractivity contribution in [1.82, 2.24) is 53.7 Å². The molecule has 1 aliphatic heterocycles. The van der Waals surface area contributed by atoms with E-state index in [1.54, 1.807) is 71.7 Å². The number of aromatic nitrogens is 7. The second kappa shape index (κ2) is 18.2. The monoisotopic (exact) mass is 875 g/mol. The van der Waals surface area contributed by atoms with Crippen LogP contribution in [0, 0.1) is 5.92 Å². The van der Waals surface area contributed by atoms with Crippen LogP contribution in [0.3, 0.4) is 0 Å². The first-order valence-electron chi connectivity index (χ1n) is 21.2. The summed E-state index contributed by atoms with van der Waals surface area (Å²) in [5, 5.41) is 15.4. The molecule has 4 amide bonds. The van der Waals surface area contributed by atoms with E-state index in [-0.39, 0.29) is 59.5 Å². The van der Waals surface area contributed by atoms with Gasteiger partial charge in [-0.15, -0.1) is 5.10 Å². The molecular weight excluding hydrogens is 826 g/mol. The van der Waals surface area contributed by atoms with Crippen LogP contribution in [0.25, 0.3) is 22.5 Å².